The fraction of sp³-hybridized carbons (Fsp3) is 0.167. The molecule has 0 spiro atoms. The van der Waals surface area contributed by atoms with Gasteiger partial charge in [-0.1, -0.05) is 23.2 Å². The number of carbonyl (C=O) groups excluding carboxylic acids is 1. The van der Waals surface area contributed by atoms with Crippen LogP contribution in [0.25, 0.3) is 0 Å². The largest absolute Gasteiger partial charge is 0.390 e. The standard InChI is InChI=1S/C12H11Cl2N3O/c1-2-16-7-8(6-15)12(18)17-11-5-9(13)3-4-10(11)14/h3-5,7,16H,2H2,1H3,(H,17,18)/b8-7-. The Labute approximate surface area is 115 Å². The van der Waals surface area contributed by atoms with E-state index in [0.29, 0.717) is 22.3 Å². The Morgan fingerprint density at radius 2 is 2.22 bits per heavy atom. The molecule has 0 atom stereocenters. The highest BCUT2D eigenvalue weighted by molar-refractivity contribution is 6.35. The number of nitrogens with one attached hydrogen (secondary N) is 2. The third-order valence-corrected chi connectivity index (χ3v) is 2.56. The SMILES string of the molecule is CCN/C=C(/C#N)C(=O)Nc1cc(Cl)ccc1Cl. The van der Waals surface area contributed by atoms with Crippen LogP contribution in [0, 0.1) is 11.3 Å². The summed E-state index contributed by atoms with van der Waals surface area (Å²) in [5, 5.41) is 15.0. The molecule has 94 valence electrons. The first-order valence-electron chi connectivity index (χ1n) is 5.18. The van der Waals surface area contributed by atoms with Crippen molar-refractivity contribution >= 4 is 34.8 Å². The first-order valence-corrected chi connectivity index (χ1v) is 5.94. The molecule has 0 fully saturated rings. The molecule has 0 radical (unpaired) electrons. The lowest BCUT2D eigenvalue weighted by molar-refractivity contribution is -0.112. The molecule has 1 rings (SSSR count). The van der Waals surface area contributed by atoms with E-state index < -0.39 is 5.91 Å². The van der Waals surface area contributed by atoms with Gasteiger partial charge in [0.2, 0.25) is 0 Å². The van der Waals surface area contributed by atoms with E-state index in [1.54, 1.807) is 18.2 Å². The number of anilines is 1. The van der Waals surface area contributed by atoms with E-state index in [9.17, 15) is 4.79 Å². The number of carbonyl (C=O) groups is 1. The molecular formula is C12H11Cl2N3O. The number of rotatable bonds is 4. The lowest BCUT2D eigenvalue weighted by atomic mass is 10.2. The average molecular weight is 284 g/mol. The summed E-state index contributed by atoms with van der Waals surface area (Å²) in [6.07, 6.45) is 1.35. The Kier molecular flexibility index (Phi) is 5.50. The topological polar surface area (TPSA) is 64.9 Å². The van der Waals surface area contributed by atoms with Crippen molar-refractivity contribution in [3.8, 4) is 6.07 Å². The molecule has 0 bridgehead atoms. The molecule has 0 aromatic heterocycles. The number of hydrogen-bond acceptors (Lipinski definition) is 3. The first kappa shape index (κ1) is 14.4. The second kappa shape index (κ2) is 6.90. The van der Waals surface area contributed by atoms with E-state index in [1.807, 2.05) is 6.92 Å². The molecule has 6 heteroatoms. The zero-order valence-electron chi connectivity index (χ0n) is 9.63. The number of amides is 1. The molecule has 0 aliphatic heterocycles. The van der Waals surface area contributed by atoms with Crippen LogP contribution in [0.5, 0.6) is 0 Å². The van der Waals surface area contributed by atoms with E-state index in [1.165, 1.54) is 12.3 Å². The number of hydrogen-bond donors (Lipinski definition) is 2. The molecular weight excluding hydrogens is 273 g/mol. The van der Waals surface area contributed by atoms with Crippen molar-refractivity contribution in [2.75, 3.05) is 11.9 Å². The van der Waals surface area contributed by atoms with Crippen LogP contribution in [0.15, 0.2) is 30.0 Å². The van der Waals surface area contributed by atoms with Gasteiger partial charge in [-0.2, -0.15) is 5.26 Å². The summed E-state index contributed by atoms with van der Waals surface area (Å²) in [6.45, 7) is 2.48. The van der Waals surface area contributed by atoms with E-state index >= 15 is 0 Å². The summed E-state index contributed by atoms with van der Waals surface area (Å²) in [5.41, 5.74) is 0.333. The predicted octanol–water partition coefficient (Wildman–Crippen LogP) is 2.95. The van der Waals surface area contributed by atoms with E-state index in [0.717, 1.165) is 0 Å². The fourth-order valence-electron chi connectivity index (χ4n) is 1.14. The van der Waals surface area contributed by atoms with Crippen LogP contribution in [-0.4, -0.2) is 12.5 Å². The van der Waals surface area contributed by atoms with E-state index in [-0.39, 0.29) is 5.57 Å². The zero-order valence-corrected chi connectivity index (χ0v) is 11.1. The van der Waals surface area contributed by atoms with Crippen LogP contribution < -0.4 is 10.6 Å². The van der Waals surface area contributed by atoms with Gasteiger partial charge in [-0.3, -0.25) is 4.79 Å². The molecule has 0 aliphatic carbocycles. The van der Waals surface area contributed by atoms with Gasteiger partial charge in [0.15, 0.2) is 0 Å². The normalized spacial score (nSPS) is 10.7. The van der Waals surface area contributed by atoms with Crippen molar-refractivity contribution in [3.05, 3.63) is 40.0 Å². The maximum Gasteiger partial charge on any atom is 0.267 e. The van der Waals surface area contributed by atoms with Gasteiger partial charge in [0.25, 0.3) is 5.91 Å². The minimum atomic E-state index is -0.539. The highest BCUT2D eigenvalue weighted by atomic mass is 35.5. The van der Waals surface area contributed by atoms with Crippen LogP contribution in [0.4, 0.5) is 5.69 Å². The second-order valence-corrected chi connectivity index (χ2v) is 4.15. The van der Waals surface area contributed by atoms with Gasteiger partial charge in [-0.05, 0) is 25.1 Å². The molecule has 1 amide bonds. The lowest BCUT2D eigenvalue weighted by Crippen LogP contribution is -2.16. The van der Waals surface area contributed by atoms with Gasteiger partial charge in [-0.15, -0.1) is 0 Å². The van der Waals surface area contributed by atoms with E-state index in [4.69, 9.17) is 28.5 Å². The third-order valence-electron chi connectivity index (χ3n) is 1.99. The summed E-state index contributed by atoms with van der Waals surface area (Å²) in [6, 6.07) is 6.50. The summed E-state index contributed by atoms with van der Waals surface area (Å²) >= 11 is 11.7. The Bertz CT molecular complexity index is 521. The molecule has 1 aromatic carbocycles. The van der Waals surface area contributed by atoms with Gasteiger partial charge < -0.3 is 10.6 Å². The number of nitrogens with zero attached hydrogens (tertiary/aromatic N) is 1. The third kappa shape index (κ3) is 3.95. The minimum absolute atomic E-state index is 0.0344. The van der Waals surface area contributed by atoms with Crippen molar-refractivity contribution in [2.45, 2.75) is 6.92 Å². The summed E-state index contributed by atoms with van der Waals surface area (Å²) in [7, 11) is 0. The number of halogens is 2. The highest BCUT2D eigenvalue weighted by Crippen LogP contribution is 2.25. The van der Waals surface area contributed by atoms with Crippen molar-refractivity contribution < 1.29 is 4.79 Å². The molecule has 0 saturated heterocycles. The first-order chi connectivity index (χ1) is 8.58. The minimum Gasteiger partial charge on any atom is -0.390 e. The van der Waals surface area contributed by atoms with Gasteiger partial charge >= 0.3 is 0 Å². The van der Waals surface area contributed by atoms with Crippen LogP contribution in [0.2, 0.25) is 10.0 Å². The van der Waals surface area contributed by atoms with Crippen LogP contribution in [0.3, 0.4) is 0 Å². The van der Waals surface area contributed by atoms with Crippen molar-refractivity contribution in [1.29, 1.82) is 5.26 Å². The maximum atomic E-state index is 11.8. The quantitative estimate of drug-likeness (QED) is 0.660. The lowest BCUT2D eigenvalue weighted by Gasteiger charge is -2.07. The zero-order chi connectivity index (χ0) is 13.5. The Balaban J connectivity index is 2.87. The van der Waals surface area contributed by atoms with Crippen LogP contribution >= 0.6 is 23.2 Å². The Morgan fingerprint density at radius 1 is 1.50 bits per heavy atom. The highest BCUT2D eigenvalue weighted by Gasteiger charge is 2.11. The van der Waals surface area contributed by atoms with E-state index in [2.05, 4.69) is 10.6 Å². The van der Waals surface area contributed by atoms with Crippen molar-refractivity contribution in [3.63, 3.8) is 0 Å². The molecule has 2 N–H and O–H groups in total. The van der Waals surface area contributed by atoms with Crippen molar-refractivity contribution in [2.24, 2.45) is 0 Å². The van der Waals surface area contributed by atoms with Crippen LogP contribution in [-0.2, 0) is 4.79 Å². The second-order valence-electron chi connectivity index (χ2n) is 3.31. The molecule has 1 aromatic rings. The summed E-state index contributed by atoms with van der Waals surface area (Å²) < 4.78 is 0. The monoisotopic (exact) mass is 283 g/mol. The van der Waals surface area contributed by atoms with Gasteiger partial charge in [0.05, 0.1) is 10.7 Å². The van der Waals surface area contributed by atoms with Crippen LogP contribution in [0.1, 0.15) is 6.92 Å². The molecule has 0 heterocycles. The molecule has 0 saturated carbocycles. The number of nitriles is 1. The molecule has 4 nitrogen and oxygen atoms in total. The number of benzene rings is 1. The van der Waals surface area contributed by atoms with Gasteiger partial charge in [0, 0.05) is 17.8 Å². The molecule has 0 aliphatic rings. The Morgan fingerprint density at radius 3 is 2.83 bits per heavy atom. The average Bonchev–Trinajstić information content (AvgIpc) is 2.35. The summed E-state index contributed by atoms with van der Waals surface area (Å²) in [5.74, 6) is -0.539. The summed E-state index contributed by atoms with van der Waals surface area (Å²) in [4.78, 5) is 11.8. The Hall–Kier alpha value is -1.70. The van der Waals surface area contributed by atoms with Gasteiger partial charge in [0.1, 0.15) is 11.6 Å². The van der Waals surface area contributed by atoms with Gasteiger partial charge in [-0.25, -0.2) is 0 Å². The van der Waals surface area contributed by atoms with Crippen molar-refractivity contribution in [1.82, 2.24) is 5.32 Å². The fourth-order valence-corrected chi connectivity index (χ4v) is 1.47. The maximum absolute atomic E-state index is 11.8. The molecule has 0 unspecified atom stereocenters. The smallest absolute Gasteiger partial charge is 0.267 e. The molecule has 18 heavy (non-hydrogen) atoms. The predicted molar refractivity (Wildman–Crippen MR) is 72.5 cm³/mol.